The fourth-order valence-corrected chi connectivity index (χ4v) is 5.55. The Morgan fingerprint density at radius 3 is 2.43 bits per heavy atom. The predicted molar refractivity (Wildman–Crippen MR) is 122 cm³/mol. The molecule has 30 heavy (non-hydrogen) atoms. The van der Waals surface area contributed by atoms with E-state index in [4.69, 9.17) is 0 Å². The maximum absolute atomic E-state index is 12.8. The number of benzene rings is 2. The van der Waals surface area contributed by atoms with Crippen molar-refractivity contribution in [2.45, 2.75) is 30.7 Å². The molecular weight excluding hydrogens is 466 g/mol. The lowest BCUT2D eigenvalue weighted by molar-refractivity contribution is -0.123. The van der Waals surface area contributed by atoms with Gasteiger partial charge < -0.3 is 5.32 Å². The molecule has 1 aliphatic rings. The molecule has 1 fully saturated rings. The van der Waals surface area contributed by atoms with Crippen LogP contribution in [0.15, 0.2) is 64.0 Å². The molecule has 1 aliphatic heterocycles. The van der Waals surface area contributed by atoms with Crippen LogP contribution in [0.4, 0.5) is 0 Å². The van der Waals surface area contributed by atoms with Crippen molar-refractivity contribution in [1.82, 2.24) is 14.5 Å². The maximum Gasteiger partial charge on any atom is 0.243 e. The Hall–Kier alpha value is -1.74. The van der Waals surface area contributed by atoms with E-state index in [-0.39, 0.29) is 16.8 Å². The lowest BCUT2D eigenvalue weighted by Gasteiger charge is -2.33. The highest BCUT2D eigenvalue weighted by atomic mass is 79.9. The van der Waals surface area contributed by atoms with Crippen LogP contribution in [0.1, 0.15) is 18.9 Å². The second kappa shape index (κ2) is 10.5. The number of hydrogen-bond donors (Lipinski definition) is 1. The molecule has 2 aromatic rings. The van der Waals surface area contributed by atoms with Crippen LogP contribution in [0.25, 0.3) is 0 Å². The zero-order valence-corrected chi connectivity index (χ0v) is 19.5. The van der Waals surface area contributed by atoms with Crippen molar-refractivity contribution in [3.8, 4) is 0 Å². The van der Waals surface area contributed by atoms with E-state index in [2.05, 4.69) is 33.4 Å². The van der Waals surface area contributed by atoms with Gasteiger partial charge in [0.05, 0.1) is 11.4 Å². The minimum absolute atomic E-state index is 0.0149. The third-order valence-electron chi connectivity index (χ3n) is 5.25. The first-order valence-corrected chi connectivity index (χ1v) is 12.4. The third-order valence-corrected chi connectivity index (χ3v) is 7.64. The molecule has 1 heterocycles. The van der Waals surface area contributed by atoms with Crippen LogP contribution in [0.2, 0.25) is 0 Å². The summed E-state index contributed by atoms with van der Waals surface area (Å²) in [5.41, 5.74) is 1.27. The Kier molecular flexibility index (Phi) is 8.05. The summed E-state index contributed by atoms with van der Waals surface area (Å²) >= 11 is 3.32. The number of halogens is 1. The minimum Gasteiger partial charge on any atom is -0.353 e. The van der Waals surface area contributed by atoms with Gasteiger partial charge in [-0.05, 0) is 43.5 Å². The van der Waals surface area contributed by atoms with Crippen molar-refractivity contribution >= 4 is 31.9 Å². The van der Waals surface area contributed by atoms with Gasteiger partial charge in [-0.3, -0.25) is 9.69 Å². The van der Waals surface area contributed by atoms with Crippen LogP contribution in [0.3, 0.4) is 0 Å². The number of rotatable bonds is 8. The quantitative estimate of drug-likeness (QED) is 0.613. The van der Waals surface area contributed by atoms with Crippen LogP contribution in [-0.4, -0.2) is 62.3 Å². The van der Waals surface area contributed by atoms with Crippen LogP contribution in [0, 0.1) is 0 Å². The largest absolute Gasteiger partial charge is 0.353 e. The second-order valence-electron chi connectivity index (χ2n) is 7.63. The first-order valence-electron chi connectivity index (χ1n) is 10.2. The maximum atomic E-state index is 12.8. The van der Waals surface area contributed by atoms with Crippen molar-refractivity contribution in [2.24, 2.45) is 0 Å². The summed E-state index contributed by atoms with van der Waals surface area (Å²) in [6.45, 7) is 4.15. The van der Waals surface area contributed by atoms with Crippen LogP contribution >= 0.6 is 15.9 Å². The number of carbonyl (C=O) groups excluding carboxylic acids is 1. The van der Waals surface area contributed by atoms with Gasteiger partial charge in [0, 0.05) is 36.7 Å². The number of sulfonamides is 1. The SMILES string of the molecule is CC(CCc1ccccc1)NC(=O)CN1CCN(S(=O)(=O)c2cccc(Br)c2)CC1. The molecule has 2 aromatic carbocycles. The van der Waals surface area contributed by atoms with E-state index in [9.17, 15) is 13.2 Å². The molecule has 0 radical (unpaired) electrons. The van der Waals surface area contributed by atoms with Gasteiger partial charge in [0.15, 0.2) is 0 Å². The molecule has 1 saturated heterocycles. The summed E-state index contributed by atoms with van der Waals surface area (Å²) < 4.78 is 27.8. The normalized spacial score (nSPS) is 16.9. The number of nitrogens with zero attached hydrogens (tertiary/aromatic N) is 2. The molecule has 3 rings (SSSR count). The highest BCUT2D eigenvalue weighted by Gasteiger charge is 2.29. The summed E-state index contributed by atoms with van der Waals surface area (Å²) in [7, 11) is -3.51. The minimum atomic E-state index is -3.51. The number of amides is 1. The predicted octanol–water partition coefficient (Wildman–Crippen LogP) is 2.89. The zero-order valence-electron chi connectivity index (χ0n) is 17.1. The molecule has 1 atom stereocenters. The van der Waals surface area contributed by atoms with E-state index in [0.717, 1.165) is 17.3 Å². The zero-order chi connectivity index (χ0) is 21.6. The second-order valence-corrected chi connectivity index (χ2v) is 10.5. The van der Waals surface area contributed by atoms with Crippen LogP contribution < -0.4 is 5.32 Å². The Morgan fingerprint density at radius 1 is 1.07 bits per heavy atom. The summed E-state index contributed by atoms with van der Waals surface area (Å²) in [5, 5.41) is 3.05. The van der Waals surface area contributed by atoms with Crippen molar-refractivity contribution in [2.75, 3.05) is 32.7 Å². The van der Waals surface area contributed by atoms with E-state index in [1.807, 2.05) is 30.0 Å². The molecule has 0 aliphatic carbocycles. The van der Waals surface area contributed by atoms with Crippen molar-refractivity contribution in [1.29, 1.82) is 0 Å². The number of hydrogen-bond acceptors (Lipinski definition) is 4. The molecule has 1 unspecified atom stereocenters. The van der Waals surface area contributed by atoms with E-state index in [1.165, 1.54) is 9.87 Å². The van der Waals surface area contributed by atoms with E-state index in [0.29, 0.717) is 32.7 Å². The molecule has 8 heteroatoms. The average Bonchev–Trinajstić information content (AvgIpc) is 2.73. The number of carbonyl (C=O) groups is 1. The van der Waals surface area contributed by atoms with Gasteiger partial charge in [-0.15, -0.1) is 0 Å². The molecule has 0 saturated carbocycles. The molecule has 0 bridgehead atoms. The molecule has 0 spiro atoms. The van der Waals surface area contributed by atoms with Gasteiger partial charge in [-0.25, -0.2) is 8.42 Å². The van der Waals surface area contributed by atoms with E-state index in [1.54, 1.807) is 24.3 Å². The first kappa shape index (κ1) is 22.9. The average molecular weight is 494 g/mol. The van der Waals surface area contributed by atoms with Gasteiger partial charge in [0.25, 0.3) is 0 Å². The van der Waals surface area contributed by atoms with Gasteiger partial charge in [0.1, 0.15) is 0 Å². The Balaban J connectivity index is 1.43. The Morgan fingerprint density at radius 2 is 1.77 bits per heavy atom. The highest BCUT2D eigenvalue weighted by Crippen LogP contribution is 2.21. The Labute approximate surface area is 187 Å². The molecule has 0 aromatic heterocycles. The van der Waals surface area contributed by atoms with E-state index < -0.39 is 10.0 Å². The van der Waals surface area contributed by atoms with Crippen molar-refractivity contribution < 1.29 is 13.2 Å². The Bertz CT molecular complexity index is 945. The molecular formula is C22H28BrN3O3S. The van der Waals surface area contributed by atoms with Gasteiger partial charge in [-0.1, -0.05) is 52.3 Å². The fraction of sp³-hybridized carbons (Fsp3) is 0.409. The van der Waals surface area contributed by atoms with Crippen LogP contribution in [0.5, 0.6) is 0 Å². The molecule has 6 nitrogen and oxygen atoms in total. The van der Waals surface area contributed by atoms with Crippen LogP contribution in [-0.2, 0) is 21.2 Å². The van der Waals surface area contributed by atoms with Crippen molar-refractivity contribution in [3.05, 3.63) is 64.6 Å². The number of aryl methyl sites for hydroxylation is 1. The monoisotopic (exact) mass is 493 g/mol. The summed E-state index contributed by atoms with van der Waals surface area (Å²) in [6, 6.07) is 17.1. The smallest absolute Gasteiger partial charge is 0.243 e. The van der Waals surface area contributed by atoms with Gasteiger partial charge in [-0.2, -0.15) is 4.31 Å². The topological polar surface area (TPSA) is 69.7 Å². The van der Waals surface area contributed by atoms with E-state index >= 15 is 0 Å². The lowest BCUT2D eigenvalue weighted by Crippen LogP contribution is -2.51. The van der Waals surface area contributed by atoms with Gasteiger partial charge >= 0.3 is 0 Å². The fourth-order valence-electron chi connectivity index (χ4n) is 3.53. The summed E-state index contributed by atoms with van der Waals surface area (Å²) in [4.78, 5) is 14.7. The molecule has 1 amide bonds. The number of nitrogens with one attached hydrogen (secondary N) is 1. The third kappa shape index (κ3) is 6.38. The lowest BCUT2D eigenvalue weighted by atomic mass is 10.1. The molecule has 1 N–H and O–H groups in total. The number of piperazine rings is 1. The first-order chi connectivity index (χ1) is 14.3. The highest BCUT2D eigenvalue weighted by molar-refractivity contribution is 9.10. The van der Waals surface area contributed by atoms with Crippen molar-refractivity contribution in [3.63, 3.8) is 0 Å². The van der Waals surface area contributed by atoms with Gasteiger partial charge in [0.2, 0.25) is 15.9 Å². The molecule has 162 valence electrons. The standard InChI is InChI=1S/C22H28BrN3O3S/c1-18(10-11-19-6-3-2-4-7-19)24-22(27)17-25-12-14-26(15-13-25)30(28,29)21-9-5-8-20(23)16-21/h2-9,16,18H,10-15,17H2,1H3,(H,24,27). The summed E-state index contributed by atoms with van der Waals surface area (Å²) in [5.74, 6) is -0.0149. The summed E-state index contributed by atoms with van der Waals surface area (Å²) in [6.07, 6.45) is 1.81.